The van der Waals surface area contributed by atoms with Crippen LogP contribution in [0.15, 0.2) is 146 Å². The predicted molar refractivity (Wildman–Crippen MR) is 231 cm³/mol. The first kappa shape index (κ1) is 36.0. The van der Waals surface area contributed by atoms with Crippen molar-refractivity contribution in [3.63, 3.8) is 0 Å². The zero-order valence-electron chi connectivity index (χ0n) is 31.8. The third kappa shape index (κ3) is 5.72. The van der Waals surface area contributed by atoms with Crippen molar-refractivity contribution in [2.45, 2.75) is 39.3 Å². The SMILES string of the molecule is Cc1c(CP2(=O)Oc3ccccc3-c3ccccc32)c(C)c(CP2(=O)Oc3ccccc3-c3ccccc32)c(C)c1CP1(=O)Oc2ccccc2-c2ccccc21. The maximum absolute atomic E-state index is 15.5. The molecule has 0 fully saturated rings. The summed E-state index contributed by atoms with van der Waals surface area (Å²) in [7, 11) is -10.7. The Hall–Kier alpha value is -5.37. The monoisotopic (exact) mass is 804 g/mol. The summed E-state index contributed by atoms with van der Waals surface area (Å²) >= 11 is 0. The fourth-order valence-corrected chi connectivity index (χ4v) is 16.7. The van der Waals surface area contributed by atoms with Gasteiger partial charge in [-0.05, 0) is 107 Å². The molecule has 0 spiro atoms. The molecule has 282 valence electrons. The molecule has 0 saturated heterocycles. The smallest absolute Gasteiger partial charge is 0.282 e. The zero-order chi connectivity index (χ0) is 39.1. The number of fused-ring (bicyclic) bond motifs is 9. The van der Waals surface area contributed by atoms with E-state index in [1.165, 1.54) is 0 Å². The number of para-hydroxylation sites is 3. The highest BCUT2D eigenvalue weighted by atomic mass is 31.2. The molecule has 9 heteroatoms. The molecule has 0 aromatic heterocycles. The van der Waals surface area contributed by atoms with Crippen LogP contribution >= 0.6 is 22.1 Å². The van der Waals surface area contributed by atoms with Crippen molar-refractivity contribution in [3.8, 4) is 50.6 Å². The Labute approximate surface area is 332 Å². The number of benzene rings is 7. The second kappa shape index (κ2) is 13.4. The van der Waals surface area contributed by atoms with Gasteiger partial charge in [0.15, 0.2) is 0 Å². The Morgan fingerprint density at radius 1 is 0.333 bits per heavy atom. The maximum Gasteiger partial charge on any atom is 0.282 e. The van der Waals surface area contributed by atoms with E-state index >= 15 is 13.7 Å². The lowest BCUT2D eigenvalue weighted by Crippen LogP contribution is -2.23. The molecule has 0 aliphatic carbocycles. The van der Waals surface area contributed by atoms with Gasteiger partial charge in [0.25, 0.3) is 22.1 Å². The van der Waals surface area contributed by atoms with Crippen molar-refractivity contribution in [2.75, 3.05) is 0 Å². The number of hydrogen-bond acceptors (Lipinski definition) is 6. The second-order valence-corrected chi connectivity index (χ2v) is 22.1. The normalized spacial score (nSPS) is 20.9. The molecular formula is C48H39O6P3. The molecule has 3 unspecified atom stereocenters. The largest absolute Gasteiger partial charge is 0.439 e. The molecule has 0 saturated carbocycles. The predicted octanol–water partition coefficient (Wildman–Crippen LogP) is 12.1. The Morgan fingerprint density at radius 2 is 0.561 bits per heavy atom. The molecule has 3 atom stereocenters. The highest BCUT2D eigenvalue weighted by Gasteiger charge is 2.42. The van der Waals surface area contributed by atoms with Gasteiger partial charge in [-0.15, -0.1) is 0 Å². The van der Waals surface area contributed by atoms with E-state index in [4.69, 9.17) is 13.6 Å². The molecule has 57 heavy (non-hydrogen) atoms. The lowest BCUT2D eigenvalue weighted by Gasteiger charge is -2.33. The lowest BCUT2D eigenvalue weighted by atomic mass is 9.90. The van der Waals surface area contributed by atoms with Gasteiger partial charge in [-0.25, -0.2) is 0 Å². The van der Waals surface area contributed by atoms with Crippen molar-refractivity contribution < 1.29 is 27.3 Å². The average Bonchev–Trinajstić information content (AvgIpc) is 3.23. The molecule has 7 aromatic rings. The summed E-state index contributed by atoms with van der Waals surface area (Å²) in [5.41, 5.74) is 10.4. The molecule has 3 aliphatic heterocycles. The summed E-state index contributed by atoms with van der Waals surface area (Å²) in [6.45, 7) is 6.06. The summed E-state index contributed by atoms with van der Waals surface area (Å²) in [6, 6.07) is 46.4. The Bertz CT molecular complexity index is 2630. The minimum absolute atomic E-state index is 0.0887. The zero-order valence-corrected chi connectivity index (χ0v) is 34.5. The molecule has 0 N–H and O–H groups in total. The molecule has 6 nitrogen and oxygen atoms in total. The molecule has 0 radical (unpaired) electrons. The quantitative estimate of drug-likeness (QED) is 0.156. The highest BCUT2D eigenvalue weighted by Crippen LogP contribution is 2.62. The van der Waals surface area contributed by atoms with Crippen LogP contribution in [-0.4, -0.2) is 0 Å². The van der Waals surface area contributed by atoms with Crippen molar-refractivity contribution in [3.05, 3.63) is 179 Å². The van der Waals surface area contributed by atoms with Gasteiger partial charge in [0.1, 0.15) is 17.2 Å². The number of hydrogen-bond donors (Lipinski definition) is 0. The molecule has 7 aromatic carbocycles. The first-order valence-corrected chi connectivity index (χ1v) is 24.5. The molecule has 3 aliphatic rings. The lowest BCUT2D eigenvalue weighted by molar-refractivity contribution is 0.489. The van der Waals surface area contributed by atoms with E-state index in [1.54, 1.807) is 0 Å². The van der Waals surface area contributed by atoms with E-state index in [0.29, 0.717) is 33.2 Å². The highest BCUT2D eigenvalue weighted by molar-refractivity contribution is 7.68. The van der Waals surface area contributed by atoms with Gasteiger partial charge in [-0.2, -0.15) is 0 Å². The maximum atomic E-state index is 15.5. The van der Waals surface area contributed by atoms with Crippen molar-refractivity contribution >= 4 is 38.0 Å². The summed E-state index contributed by atoms with van der Waals surface area (Å²) < 4.78 is 66.3. The van der Waals surface area contributed by atoms with E-state index < -0.39 is 22.1 Å². The van der Waals surface area contributed by atoms with E-state index in [1.807, 2.05) is 166 Å². The van der Waals surface area contributed by atoms with Gasteiger partial charge in [-0.3, -0.25) is 13.7 Å². The number of rotatable bonds is 6. The molecule has 0 bridgehead atoms. The van der Waals surface area contributed by atoms with E-state index in [0.717, 1.165) is 66.8 Å². The first-order chi connectivity index (χ1) is 27.6. The van der Waals surface area contributed by atoms with Crippen molar-refractivity contribution in [1.29, 1.82) is 0 Å². The van der Waals surface area contributed by atoms with Crippen LogP contribution in [0, 0.1) is 20.8 Å². The third-order valence-corrected chi connectivity index (χ3v) is 18.9. The molecule has 0 amide bonds. The summed E-state index contributed by atoms with van der Waals surface area (Å²) in [6.07, 6.45) is 0.266. The fourth-order valence-electron chi connectivity index (χ4n) is 9.00. The minimum Gasteiger partial charge on any atom is -0.439 e. The van der Waals surface area contributed by atoms with Gasteiger partial charge >= 0.3 is 0 Å². The molecule has 3 heterocycles. The van der Waals surface area contributed by atoms with Gasteiger partial charge in [0.2, 0.25) is 0 Å². The van der Waals surface area contributed by atoms with Crippen LogP contribution in [0.2, 0.25) is 0 Å². The van der Waals surface area contributed by atoms with E-state index in [9.17, 15) is 0 Å². The van der Waals surface area contributed by atoms with E-state index in [-0.39, 0.29) is 18.5 Å². The minimum atomic E-state index is -3.58. The van der Waals surface area contributed by atoms with Crippen LogP contribution < -0.4 is 29.5 Å². The van der Waals surface area contributed by atoms with Gasteiger partial charge in [-0.1, -0.05) is 109 Å². The van der Waals surface area contributed by atoms with Crippen molar-refractivity contribution in [2.24, 2.45) is 0 Å². The van der Waals surface area contributed by atoms with Gasteiger partial charge < -0.3 is 13.6 Å². The van der Waals surface area contributed by atoms with Crippen LogP contribution in [0.4, 0.5) is 0 Å². The average molecular weight is 805 g/mol. The summed E-state index contributed by atoms with van der Waals surface area (Å²) in [5.74, 6) is 1.73. The van der Waals surface area contributed by atoms with Gasteiger partial charge in [0, 0.05) is 16.7 Å². The van der Waals surface area contributed by atoms with Crippen LogP contribution in [0.5, 0.6) is 17.2 Å². The first-order valence-electron chi connectivity index (χ1n) is 19.1. The van der Waals surface area contributed by atoms with Crippen molar-refractivity contribution in [1.82, 2.24) is 0 Å². The molecule has 10 rings (SSSR count). The summed E-state index contributed by atoms with van der Waals surface area (Å²) in [4.78, 5) is 0. The van der Waals surface area contributed by atoms with Crippen LogP contribution in [-0.2, 0) is 32.2 Å². The third-order valence-electron chi connectivity index (χ3n) is 11.9. The van der Waals surface area contributed by atoms with Gasteiger partial charge in [0.05, 0.1) is 34.4 Å². The Morgan fingerprint density at radius 3 is 0.842 bits per heavy atom. The topological polar surface area (TPSA) is 78.9 Å². The van der Waals surface area contributed by atoms with Crippen LogP contribution in [0.3, 0.4) is 0 Å². The molecular weight excluding hydrogens is 765 g/mol. The second-order valence-electron chi connectivity index (χ2n) is 15.1. The van der Waals surface area contributed by atoms with Crippen LogP contribution in [0.1, 0.15) is 33.4 Å². The van der Waals surface area contributed by atoms with Crippen LogP contribution in [0.25, 0.3) is 33.4 Å². The standard InChI is InChI=1S/C48H39O6P3/c1-31-40(28-55(49)46-25-13-7-19-37(46)34-16-4-10-22-43(34)52-55)32(2)42(30-57(51)48-27-15-9-21-39(48)36-18-6-12-24-45(36)54-57)33(3)41(31)29-56(50)47-26-14-8-20-38(47)35-17-5-11-23-44(35)53-56/h4-27H,28-30H2,1-3H3. The Balaban J connectivity index is 1.16. The van der Waals surface area contributed by atoms with E-state index in [2.05, 4.69) is 0 Å². The summed E-state index contributed by atoms with van der Waals surface area (Å²) in [5, 5.41) is 1.98. The Kier molecular flexibility index (Phi) is 8.44. The fraction of sp³-hybridized carbons (Fsp3) is 0.125.